The van der Waals surface area contributed by atoms with Gasteiger partial charge in [-0.3, -0.25) is 4.40 Å². The Morgan fingerprint density at radius 1 is 1.17 bits per heavy atom. The van der Waals surface area contributed by atoms with Gasteiger partial charge in [0.2, 0.25) is 0 Å². The molecule has 0 spiro atoms. The van der Waals surface area contributed by atoms with Crippen molar-refractivity contribution in [3.63, 3.8) is 0 Å². The molecule has 1 aliphatic rings. The van der Waals surface area contributed by atoms with Gasteiger partial charge in [0.05, 0.1) is 16.4 Å². The van der Waals surface area contributed by atoms with Crippen molar-refractivity contribution in [3.05, 3.63) is 53.3 Å². The third-order valence-electron chi connectivity index (χ3n) is 3.18. The molecule has 0 atom stereocenters. The van der Waals surface area contributed by atoms with Gasteiger partial charge in [-0.25, -0.2) is 4.98 Å². The van der Waals surface area contributed by atoms with Crippen LogP contribution in [0, 0.1) is 0 Å². The van der Waals surface area contributed by atoms with Crippen LogP contribution in [-0.4, -0.2) is 9.38 Å². The molecule has 2 nitrogen and oxygen atoms in total. The van der Waals surface area contributed by atoms with E-state index in [4.69, 9.17) is 11.6 Å². The van der Waals surface area contributed by atoms with E-state index in [1.807, 2.05) is 30.1 Å². The summed E-state index contributed by atoms with van der Waals surface area (Å²) in [6.45, 7) is 0. The molecular weight excluding hydrogens is 264 g/mol. The van der Waals surface area contributed by atoms with Crippen LogP contribution in [-0.2, 0) is 5.75 Å². The molecule has 0 amide bonds. The Labute approximate surface area is 114 Å². The number of imidazole rings is 1. The molecule has 0 bridgehead atoms. The first-order valence-corrected chi connectivity index (χ1v) is 7.08. The number of benzene rings is 1. The maximum Gasteiger partial charge on any atom is 0.156 e. The van der Waals surface area contributed by atoms with Crippen molar-refractivity contribution in [3.8, 4) is 11.3 Å². The lowest BCUT2D eigenvalue weighted by atomic mass is 10.1. The predicted octanol–water partition coefficient (Wildman–Crippen LogP) is 4.26. The number of thioether (sulfide) groups is 1. The third-order valence-corrected chi connectivity index (χ3v) is 4.56. The minimum absolute atomic E-state index is 0.703. The van der Waals surface area contributed by atoms with Crippen LogP contribution in [0.2, 0.25) is 5.02 Å². The molecule has 1 aliphatic heterocycles. The van der Waals surface area contributed by atoms with Gasteiger partial charge in [0, 0.05) is 22.4 Å². The Morgan fingerprint density at radius 2 is 2.06 bits per heavy atom. The van der Waals surface area contributed by atoms with Crippen LogP contribution in [0.5, 0.6) is 0 Å². The molecule has 0 aliphatic carbocycles. The molecule has 0 unspecified atom stereocenters. The summed E-state index contributed by atoms with van der Waals surface area (Å²) in [5.41, 5.74) is 4.40. The smallest absolute Gasteiger partial charge is 0.156 e. The van der Waals surface area contributed by atoms with Gasteiger partial charge >= 0.3 is 0 Å². The average molecular weight is 273 g/mol. The molecule has 0 N–H and O–H groups in total. The highest BCUT2D eigenvalue weighted by Gasteiger charge is 2.22. The Hall–Kier alpha value is -1.45. The SMILES string of the molecule is Clc1cccn2c3c(nc12)CSc1ccccc1-3. The van der Waals surface area contributed by atoms with E-state index < -0.39 is 0 Å². The largest absolute Gasteiger partial charge is 0.298 e. The van der Waals surface area contributed by atoms with Gasteiger partial charge in [-0.05, 0) is 18.2 Å². The second-order valence-electron chi connectivity index (χ2n) is 4.24. The molecule has 0 radical (unpaired) electrons. The van der Waals surface area contributed by atoms with Crippen molar-refractivity contribution in [2.24, 2.45) is 0 Å². The molecule has 88 valence electrons. The van der Waals surface area contributed by atoms with Crippen LogP contribution in [0.3, 0.4) is 0 Å². The van der Waals surface area contributed by atoms with E-state index in [9.17, 15) is 0 Å². The van der Waals surface area contributed by atoms with Crippen molar-refractivity contribution < 1.29 is 0 Å². The predicted molar refractivity (Wildman–Crippen MR) is 75.2 cm³/mol. The zero-order chi connectivity index (χ0) is 12.1. The molecular formula is C14H9ClN2S. The molecule has 4 rings (SSSR count). The van der Waals surface area contributed by atoms with Crippen molar-refractivity contribution in [1.82, 2.24) is 9.38 Å². The van der Waals surface area contributed by atoms with Crippen LogP contribution in [0.1, 0.15) is 5.69 Å². The van der Waals surface area contributed by atoms with Crippen molar-refractivity contribution >= 4 is 29.0 Å². The number of nitrogens with zero attached hydrogens (tertiary/aromatic N) is 2. The Kier molecular flexibility index (Phi) is 2.19. The summed E-state index contributed by atoms with van der Waals surface area (Å²) in [7, 11) is 0. The van der Waals surface area contributed by atoms with E-state index in [1.165, 1.54) is 16.2 Å². The van der Waals surface area contributed by atoms with Gasteiger partial charge in [-0.1, -0.05) is 29.8 Å². The third kappa shape index (κ3) is 1.35. The van der Waals surface area contributed by atoms with Crippen molar-refractivity contribution in [1.29, 1.82) is 0 Å². The molecule has 0 saturated carbocycles. The maximum atomic E-state index is 6.21. The highest BCUT2D eigenvalue weighted by Crippen LogP contribution is 2.41. The van der Waals surface area contributed by atoms with Crippen LogP contribution >= 0.6 is 23.4 Å². The minimum atomic E-state index is 0.703. The summed E-state index contributed by atoms with van der Waals surface area (Å²) < 4.78 is 2.09. The molecule has 0 saturated heterocycles. The summed E-state index contributed by atoms with van der Waals surface area (Å²) in [6.07, 6.45) is 2.03. The van der Waals surface area contributed by atoms with Crippen molar-refractivity contribution in [2.45, 2.75) is 10.6 Å². The number of aromatic nitrogens is 2. The summed E-state index contributed by atoms with van der Waals surface area (Å²) in [5, 5.41) is 0.703. The number of hydrogen-bond acceptors (Lipinski definition) is 2. The fourth-order valence-electron chi connectivity index (χ4n) is 2.40. The van der Waals surface area contributed by atoms with Gasteiger partial charge in [0.25, 0.3) is 0 Å². The van der Waals surface area contributed by atoms with Crippen LogP contribution in [0.4, 0.5) is 0 Å². The number of hydrogen-bond donors (Lipinski definition) is 0. The van der Waals surface area contributed by atoms with E-state index in [1.54, 1.807) is 0 Å². The molecule has 4 heteroatoms. The second-order valence-corrected chi connectivity index (χ2v) is 5.67. The molecule has 18 heavy (non-hydrogen) atoms. The number of pyridine rings is 1. The Bertz CT molecular complexity index is 764. The average Bonchev–Trinajstić information content (AvgIpc) is 2.79. The monoisotopic (exact) mass is 272 g/mol. The Morgan fingerprint density at radius 3 is 3.00 bits per heavy atom. The maximum absolute atomic E-state index is 6.21. The summed E-state index contributed by atoms with van der Waals surface area (Å²) in [4.78, 5) is 5.97. The summed E-state index contributed by atoms with van der Waals surface area (Å²) >= 11 is 8.05. The first-order chi connectivity index (χ1) is 8.84. The van der Waals surface area contributed by atoms with Gasteiger partial charge in [-0.15, -0.1) is 11.8 Å². The topological polar surface area (TPSA) is 17.3 Å². The lowest BCUT2D eigenvalue weighted by molar-refractivity contribution is 1.17. The number of halogens is 1. The summed E-state index contributed by atoms with van der Waals surface area (Å²) in [5.74, 6) is 0.907. The number of rotatable bonds is 0. The van der Waals surface area contributed by atoms with E-state index in [-0.39, 0.29) is 0 Å². The van der Waals surface area contributed by atoms with E-state index in [2.05, 4.69) is 33.7 Å². The number of fused-ring (bicyclic) bond motifs is 5. The molecule has 3 heterocycles. The highest BCUT2D eigenvalue weighted by molar-refractivity contribution is 7.98. The normalized spacial score (nSPS) is 13.4. The van der Waals surface area contributed by atoms with Crippen LogP contribution < -0.4 is 0 Å². The van der Waals surface area contributed by atoms with Crippen molar-refractivity contribution in [2.75, 3.05) is 0 Å². The van der Waals surface area contributed by atoms with E-state index in [0.29, 0.717) is 5.02 Å². The fraction of sp³-hybridized carbons (Fsp3) is 0.0714. The van der Waals surface area contributed by atoms with Gasteiger partial charge in [-0.2, -0.15) is 0 Å². The summed E-state index contributed by atoms with van der Waals surface area (Å²) in [6, 6.07) is 12.3. The first kappa shape index (κ1) is 10.5. The quantitative estimate of drug-likeness (QED) is 0.608. The standard InChI is InChI=1S/C14H9ClN2S/c15-10-5-3-7-17-13-9-4-1-2-6-12(9)18-8-11(13)16-14(10)17/h1-7H,8H2. The van der Waals surface area contributed by atoms with E-state index in [0.717, 1.165) is 17.1 Å². The van der Waals surface area contributed by atoms with Gasteiger partial charge in [0.1, 0.15) is 0 Å². The lowest BCUT2D eigenvalue weighted by Crippen LogP contribution is -1.97. The minimum Gasteiger partial charge on any atom is -0.298 e. The molecule has 0 fully saturated rings. The molecule has 2 aromatic heterocycles. The van der Waals surface area contributed by atoms with Crippen LogP contribution in [0.15, 0.2) is 47.5 Å². The first-order valence-electron chi connectivity index (χ1n) is 5.72. The second kappa shape index (κ2) is 3.77. The molecule has 3 aromatic rings. The van der Waals surface area contributed by atoms with Gasteiger partial charge in [0.15, 0.2) is 5.65 Å². The fourth-order valence-corrected chi connectivity index (χ4v) is 3.60. The van der Waals surface area contributed by atoms with Gasteiger partial charge < -0.3 is 0 Å². The zero-order valence-corrected chi connectivity index (χ0v) is 11.0. The van der Waals surface area contributed by atoms with E-state index >= 15 is 0 Å². The Balaban J connectivity index is 2.14. The molecule has 1 aromatic carbocycles. The lowest BCUT2D eigenvalue weighted by Gasteiger charge is -2.15. The zero-order valence-electron chi connectivity index (χ0n) is 9.43. The van der Waals surface area contributed by atoms with Crippen LogP contribution in [0.25, 0.3) is 16.9 Å². The highest BCUT2D eigenvalue weighted by atomic mass is 35.5.